The molecule has 1 aliphatic carbocycles. The van der Waals surface area contributed by atoms with Crippen LogP contribution in [0.1, 0.15) is 68.6 Å². The van der Waals surface area contributed by atoms with Crippen molar-refractivity contribution in [2.24, 2.45) is 11.3 Å². The van der Waals surface area contributed by atoms with E-state index < -0.39 is 11.4 Å². The average molecular weight is 380 g/mol. The van der Waals surface area contributed by atoms with Crippen LogP contribution in [0.5, 0.6) is 0 Å². The third kappa shape index (κ3) is 4.93. The molecule has 0 aromatic carbocycles. The second kappa shape index (κ2) is 8.33. The summed E-state index contributed by atoms with van der Waals surface area (Å²) >= 11 is 1.49. The Hall–Kier alpha value is -1.69. The zero-order chi connectivity index (χ0) is 19.5. The van der Waals surface area contributed by atoms with Crippen molar-refractivity contribution in [3.05, 3.63) is 21.9 Å². The number of carboxylic acids is 1. The van der Waals surface area contributed by atoms with E-state index in [9.17, 15) is 19.5 Å². The molecule has 5 nitrogen and oxygen atoms in total. The van der Waals surface area contributed by atoms with Gasteiger partial charge in [-0.05, 0) is 30.7 Å². The van der Waals surface area contributed by atoms with Crippen molar-refractivity contribution in [1.82, 2.24) is 4.90 Å². The van der Waals surface area contributed by atoms with Gasteiger partial charge in [0.05, 0.1) is 0 Å². The monoisotopic (exact) mass is 379 g/mol. The Morgan fingerprint density at radius 1 is 1.27 bits per heavy atom. The number of carbonyl (C=O) groups is 3. The first-order chi connectivity index (χ1) is 12.1. The maximum Gasteiger partial charge on any atom is 0.323 e. The fourth-order valence-electron chi connectivity index (χ4n) is 3.50. The molecule has 2 rings (SSSR count). The van der Waals surface area contributed by atoms with E-state index in [0.717, 1.165) is 30.6 Å². The Balaban J connectivity index is 2.14. The smallest absolute Gasteiger partial charge is 0.323 e. The van der Waals surface area contributed by atoms with Crippen molar-refractivity contribution in [2.75, 3.05) is 6.54 Å². The van der Waals surface area contributed by atoms with Crippen LogP contribution in [0.25, 0.3) is 0 Å². The molecule has 26 heavy (non-hydrogen) atoms. The minimum absolute atomic E-state index is 0.0278. The molecular weight excluding hydrogens is 350 g/mol. The molecule has 1 heterocycles. The second-order valence-corrected chi connectivity index (χ2v) is 9.24. The minimum atomic E-state index is -0.975. The molecule has 1 atom stereocenters. The number of hydrogen-bond acceptors (Lipinski definition) is 4. The van der Waals surface area contributed by atoms with Gasteiger partial charge in [0.2, 0.25) is 5.91 Å². The molecule has 1 saturated carbocycles. The quantitative estimate of drug-likeness (QED) is 0.726. The van der Waals surface area contributed by atoms with Crippen molar-refractivity contribution in [2.45, 2.75) is 65.8 Å². The highest BCUT2D eigenvalue weighted by atomic mass is 32.1. The molecule has 1 unspecified atom stereocenters. The SMILES string of the molecule is CC(Cc1sccc1C(=O)C(C)(C)C)C(=O)N(CC(=O)O)C1CCCC1. The molecular formula is C20H29NO4S. The number of ketones is 1. The van der Waals surface area contributed by atoms with Crippen LogP contribution in [-0.4, -0.2) is 40.3 Å². The predicted octanol–water partition coefficient (Wildman–Crippen LogP) is 4.01. The predicted molar refractivity (Wildman–Crippen MR) is 103 cm³/mol. The summed E-state index contributed by atoms with van der Waals surface area (Å²) in [7, 11) is 0. The Morgan fingerprint density at radius 3 is 2.42 bits per heavy atom. The lowest BCUT2D eigenvalue weighted by atomic mass is 9.86. The van der Waals surface area contributed by atoms with Crippen LogP contribution in [-0.2, 0) is 16.0 Å². The van der Waals surface area contributed by atoms with Crippen molar-refractivity contribution in [3.63, 3.8) is 0 Å². The number of Topliss-reactive ketones (excluding diaryl/α,β-unsaturated/α-hetero) is 1. The minimum Gasteiger partial charge on any atom is -0.480 e. The van der Waals surface area contributed by atoms with Gasteiger partial charge in [-0.2, -0.15) is 0 Å². The number of thiophene rings is 1. The number of carbonyl (C=O) groups excluding carboxylic acids is 2. The van der Waals surface area contributed by atoms with Gasteiger partial charge in [0, 0.05) is 27.8 Å². The number of aliphatic carboxylic acids is 1. The van der Waals surface area contributed by atoms with Gasteiger partial charge in [0.1, 0.15) is 6.54 Å². The van der Waals surface area contributed by atoms with E-state index in [1.807, 2.05) is 39.1 Å². The largest absolute Gasteiger partial charge is 0.480 e. The van der Waals surface area contributed by atoms with Crippen LogP contribution in [0, 0.1) is 11.3 Å². The van der Waals surface area contributed by atoms with Gasteiger partial charge < -0.3 is 10.0 Å². The summed E-state index contributed by atoms with van der Waals surface area (Å²) in [6.45, 7) is 7.25. The second-order valence-electron chi connectivity index (χ2n) is 8.24. The number of rotatable bonds is 7. The summed E-state index contributed by atoms with van der Waals surface area (Å²) < 4.78 is 0. The van der Waals surface area contributed by atoms with E-state index in [1.54, 1.807) is 4.90 Å². The molecule has 0 radical (unpaired) electrons. The van der Waals surface area contributed by atoms with Gasteiger partial charge in [0.25, 0.3) is 0 Å². The molecule has 1 N–H and O–H groups in total. The van der Waals surface area contributed by atoms with E-state index in [1.165, 1.54) is 11.3 Å². The Bertz CT molecular complexity index is 668. The summed E-state index contributed by atoms with van der Waals surface area (Å²) in [6.07, 6.45) is 4.29. The van der Waals surface area contributed by atoms with Crippen LogP contribution in [0.3, 0.4) is 0 Å². The summed E-state index contributed by atoms with van der Waals surface area (Å²) in [5.41, 5.74) is 0.218. The van der Waals surface area contributed by atoms with E-state index in [2.05, 4.69) is 0 Å². The lowest BCUT2D eigenvalue weighted by molar-refractivity contribution is -0.148. The summed E-state index contributed by atoms with van der Waals surface area (Å²) in [5, 5.41) is 11.1. The zero-order valence-corrected chi connectivity index (χ0v) is 16.9. The van der Waals surface area contributed by atoms with Crippen molar-refractivity contribution >= 4 is 29.0 Å². The molecule has 1 aliphatic rings. The Labute approximate surface area is 159 Å². The number of carboxylic acid groups (broad SMARTS) is 1. The van der Waals surface area contributed by atoms with Crippen LogP contribution >= 0.6 is 11.3 Å². The van der Waals surface area contributed by atoms with Gasteiger partial charge >= 0.3 is 5.97 Å². The number of nitrogens with zero attached hydrogens (tertiary/aromatic N) is 1. The molecule has 6 heteroatoms. The molecule has 1 aromatic rings. The summed E-state index contributed by atoms with van der Waals surface area (Å²) in [6, 6.07) is 1.86. The summed E-state index contributed by atoms with van der Waals surface area (Å²) in [5.74, 6) is -1.37. The first-order valence-corrected chi connectivity index (χ1v) is 10.1. The third-order valence-corrected chi connectivity index (χ3v) is 5.88. The highest BCUT2D eigenvalue weighted by molar-refractivity contribution is 7.10. The highest BCUT2D eigenvalue weighted by Gasteiger charge is 2.32. The molecule has 144 valence electrons. The maximum absolute atomic E-state index is 13.0. The zero-order valence-electron chi connectivity index (χ0n) is 16.1. The lowest BCUT2D eigenvalue weighted by Gasteiger charge is -2.30. The van der Waals surface area contributed by atoms with Gasteiger partial charge in [0.15, 0.2) is 5.78 Å². The topological polar surface area (TPSA) is 74.7 Å². The van der Waals surface area contributed by atoms with Crippen molar-refractivity contribution in [1.29, 1.82) is 0 Å². The molecule has 1 aromatic heterocycles. The van der Waals surface area contributed by atoms with Gasteiger partial charge in [-0.15, -0.1) is 11.3 Å². The maximum atomic E-state index is 13.0. The van der Waals surface area contributed by atoms with Crippen LogP contribution in [0.4, 0.5) is 0 Å². The third-order valence-electron chi connectivity index (χ3n) is 4.94. The van der Waals surface area contributed by atoms with Crippen LogP contribution in [0.15, 0.2) is 11.4 Å². The fraction of sp³-hybridized carbons (Fsp3) is 0.650. The molecule has 0 bridgehead atoms. The van der Waals surface area contributed by atoms with Crippen LogP contribution < -0.4 is 0 Å². The number of hydrogen-bond donors (Lipinski definition) is 1. The number of amides is 1. The van der Waals surface area contributed by atoms with Gasteiger partial charge in [-0.1, -0.05) is 40.5 Å². The van der Waals surface area contributed by atoms with Gasteiger partial charge in [-0.25, -0.2) is 0 Å². The molecule has 0 aliphatic heterocycles. The van der Waals surface area contributed by atoms with Crippen molar-refractivity contribution in [3.8, 4) is 0 Å². The Kier molecular flexibility index (Phi) is 6.61. The van der Waals surface area contributed by atoms with E-state index in [-0.39, 0.29) is 30.2 Å². The first kappa shape index (κ1) is 20.6. The van der Waals surface area contributed by atoms with E-state index in [0.29, 0.717) is 12.0 Å². The Morgan fingerprint density at radius 2 is 1.88 bits per heavy atom. The van der Waals surface area contributed by atoms with Crippen molar-refractivity contribution < 1.29 is 19.5 Å². The normalized spacial score (nSPS) is 16.5. The highest BCUT2D eigenvalue weighted by Crippen LogP contribution is 2.30. The van der Waals surface area contributed by atoms with E-state index >= 15 is 0 Å². The average Bonchev–Trinajstić information content (AvgIpc) is 3.21. The van der Waals surface area contributed by atoms with E-state index in [4.69, 9.17) is 0 Å². The van der Waals surface area contributed by atoms with Gasteiger partial charge in [-0.3, -0.25) is 14.4 Å². The molecule has 0 saturated heterocycles. The molecule has 1 fully saturated rings. The molecule has 0 spiro atoms. The lowest BCUT2D eigenvalue weighted by Crippen LogP contribution is -2.45. The standard InChI is InChI=1S/C20H29NO4S/c1-13(11-16-15(9-10-26-16)18(24)20(2,3)4)19(25)21(12-17(22)23)14-7-5-6-8-14/h9-10,13-14H,5-8,11-12H2,1-4H3,(H,22,23). The fourth-order valence-corrected chi connectivity index (χ4v) is 4.50. The first-order valence-electron chi connectivity index (χ1n) is 9.24. The molecule has 1 amide bonds. The van der Waals surface area contributed by atoms with Crippen LogP contribution in [0.2, 0.25) is 0 Å². The summed E-state index contributed by atoms with van der Waals surface area (Å²) in [4.78, 5) is 39.3.